The molecule has 0 amide bonds. The maximum Gasteiger partial charge on any atom is 0.124 e. The van der Waals surface area contributed by atoms with Crippen molar-refractivity contribution in [3.05, 3.63) is 11.9 Å². The molecule has 3 heteroatoms. The number of piperazine rings is 1. The van der Waals surface area contributed by atoms with Gasteiger partial charge in [-0.3, -0.25) is 0 Å². The molecule has 0 atom stereocenters. The number of aliphatic imine (C=N–C) groups is 1. The van der Waals surface area contributed by atoms with Crippen LogP contribution in [0.4, 0.5) is 0 Å². The average Bonchev–Trinajstić information content (AvgIpc) is 2.21. The second kappa shape index (κ2) is 3.72. The molecule has 3 nitrogen and oxygen atoms in total. The molecular weight excluding hydrogens is 150 g/mol. The highest BCUT2D eigenvalue weighted by atomic mass is 15.2. The normalized spacial score (nSPS) is 24.0. The van der Waals surface area contributed by atoms with Gasteiger partial charge in [0.2, 0.25) is 0 Å². The zero-order valence-electron chi connectivity index (χ0n) is 7.29. The Labute approximate surface area is 73.2 Å². The van der Waals surface area contributed by atoms with Crippen LogP contribution in [0.2, 0.25) is 0 Å². The number of nitrogens with zero attached hydrogens (tertiary/aromatic N) is 2. The summed E-state index contributed by atoms with van der Waals surface area (Å²) in [7, 11) is 0. The van der Waals surface area contributed by atoms with Crippen molar-refractivity contribution < 1.29 is 0 Å². The molecule has 0 aromatic carbocycles. The van der Waals surface area contributed by atoms with Crippen molar-refractivity contribution in [2.75, 3.05) is 26.2 Å². The quantitative estimate of drug-likeness (QED) is 0.616. The van der Waals surface area contributed by atoms with Gasteiger partial charge in [0.25, 0.3) is 0 Å². The van der Waals surface area contributed by atoms with E-state index in [2.05, 4.69) is 21.3 Å². The van der Waals surface area contributed by atoms with Gasteiger partial charge in [-0.15, -0.1) is 0 Å². The Balaban J connectivity index is 1.97. The molecule has 1 N–H and O–H groups in total. The smallest absolute Gasteiger partial charge is 0.124 e. The highest BCUT2D eigenvalue weighted by Gasteiger charge is 2.12. The first-order chi connectivity index (χ1) is 5.97. The Hall–Kier alpha value is -0.830. The van der Waals surface area contributed by atoms with E-state index in [0.717, 1.165) is 39.0 Å². The highest BCUT2D eigenvalue weighted by Crippen LogP contribution is 2.12. The Morgan fingerprint density at radius 1 is 1.25 bits per heavy atom. The lowest BCUT2D eigenvalue weighted by Gasteiger charge is -2.30. The molecule has 0 aromatic heterocycles. The Kier molecular flexibility index (Phi) is 2.42. The van der Waals surface area contributed by atoms with Crippen LogP contribution in [0.15, 0.2) is 16.9 Å². The van der Waals surface area contributed by atoms with Crippen LogP contribution < -0.4 is 5.32 Å². The summed E-state index contributed by atoms with van der Waals surface area (Å²) < 4.78 is 0. The van der Waals surface area contributed by atoms with Gasteiger partial charge >= 0.3 is 0 Å². The molecule has 2 aliphatic rings. The molecule has 0 radical (unpaired) electrons. The van der Waals surface area contributed by atoms with E-state index in [1.807, 2.05) is 6.21 Å². The summed E-state index contributed by atoms with van der Waals surface area (Å²) in [5.41, 5.74) is 0. The summed E-state index contributed by atoms with van der Waals surface area (Å²) in [5.74, 6) is 1.18. The van der Waals surface area contributed by atoms with Gasteiger partial charge in [-0.2, -0.15) is 0 Å². The third-order valence-corrected chi connectivity index (χ3v) is 2.29. The van der Waals surface area contributed by atoms with Crippen LogP contribution in [-0.2, 0) is 0 Å². The molecule has 2 heterocycles. The maximum absolute atomic E-state index is 4.39. The van der Waals surface area contributed by atoms with Crippen molar-refractivity contribution in [3.8, 4) is 0 Å². The fourth-order valence-electron chi connectivity index (χ4n) is 1.60. The van der Waals surface area contributed by atoms with Crippen LogP contribution >= 0.6 is 0 Å². The summed E-state index contributed by atoms with van der Waals surface area (Å²) >= 11 is 0. The molecule has 12 heavy (non-hydrogen) atoms. The van der Waals surface area contributed by atoms with Gasteiger partial charge in [0.05, 0.1) is 0 Å². The minimum atomic E-state index is 1.09. The summed E-state index contributed by atoms with van der Waals surface area (Å²) in [5, 5.41) is 3.33. The van der Waals surface area contributed by atoms with Crippen LogP contribution in [0.1, 0.15) is 12.8 Å². The molecule has 1 fully saturated rings. The molecule has 2 rings (SSSR count). The predicted octanol–water partition coefficient (Wildman–Crippen LogP) is 0.598. The number of hydrogen-bond acceptors (Lipinski definition) is 3. The van der Waals surface area contributed by atoms with Crippen LogP contribution in [0, 0.1) is 0 Å². The molecular formula is C9H15N3. The fraction of sp³-hybridized carbons (Fsp3) is 0.667. The van der Waals surface area contributed by atoms with Crippen LogP contribution in [-0.4, -0.2) is 37.3 Å². The van der Waals surface area contributed by atoms with Gasteiger partial charge in [-0.05, 0) is 18.9 Å². The van der Waals surface area contributed by atoms with Gasteiger partial charge in [0.15, 0.2) is 0 Å². The van der Waals surface area contributed by atoms with Crippen molar-refractivity contribution in [1.82, 2.24) is 10.2 Å². The van der Waals surface area contributed by atoms with E-state index in [1.165, 1.54) is 5.82 Å². The van der Waals surface area contributed by atoms with Crippen molar-refractivity contribution in [3.63, 3.8) is 0 Å². The van der Waals surface area contributed by atoms with Crippen molar-refractivity contribution in [1.29, 1.82) is 0 Å². The van der Waals surface area contributed by atoms with Crippen LogP contribution in [0.5, 0.6) is 0 Å². The van der Waals surface area contributed by atoms with Crippen molar-refractivity contribution in [2.45, 2.75) is 12.8 Å². The minimum absolute atomic E-state index is 1.09. The van der Waals surface area contributed by atoms with E-state index in [9.17, 15) is 0 Å². The summed E-state index contributed by atoms with van der Waals surface area (Å²) in [6, 6.07) is 0. The molecule has 2 aliphatic heterocycles. The SMILES string of the molecule is C1=NC(N2CCNCC2)=CCC1. The first kappa shape index (κ1) is 7.80. The maximum atomic E-state index is 4.39. The lowest BCUT2D eigenvalue weighted by Crippen LogP contribution is -2.42. The third kappa shape index (κ3) is 1.67. The van der Waals surface area contributed by atoms with E-state index in [0.29, 0.717) is 0 Å². The van der Waals surface area contributed by atoms with E-state index >= 15 is 0 Å². The third-order valence-electron chi connectivity index (χ3n) is 2.29. The first-order valence-corrected chi connectivity index (χ1v) is 4.65. The lowest BCUT2D eigenvalue weighted by molar-refractivity contribution is 0.295. The average molecular weight is 165 g/mol. The summed E-state index contributed by atoms with van der Waals surface area (Å²) in [4.78, 5) is 6.74. The van der Waals surface area contributed by atoms with Gasteiger partial charge in [-0.1, -0.05) is 0 Å². The molecule has 0 unspecified atom stereocenters. The largest absolute Gasteiger partial charge is 0.354 e. The molecule has 0 bridgehead atoms. The molecule has 0 spiro atoms. The molecule has 66 valence electrons. The lowest BCUT2D eigenvalue weighted by atomic mass is 10.2. The van der Waals surface area contributed by atoms with Gasteiger partial charge < -0.3 is 10.2 Å². The van der Waals surface area contributed by atoms with E-state index in [4.69, 9.17) is 0 Å². The predicted molar refractivity (Wildman–Crippen MR) is 50.3 cm³/mol. The Bertz CT molecular complexity index is 202. The second-order valence-corrected chi connectivity index (χ2v) is 3.19. The molecule has 0 aliphatic carbocycles. The van der Waals surface area contributed by atoms with Gasteiger partial charge in [0, 0.05) is 32.4 Å². The monoisotopic (exact) mass is 165 g/mol. The molecule has 1 saturated heterocycles. The zero-order valence-corrected chi connectivity index (χ0v) is 7.29. The standard InChI is InChI=1S/C9H15N3/c1-2-4-11-9(3-1)12-7-5-10-6-8-12/h3-4,10H,1-2,5-8H2. The van der Waals surface area contributed by atoms with Crippen LogP contribution in [0.25, 0.3) is 0 Å². The summed E-state index contributed by atoms with van der Waals surface area (Å²) in [6.07, 6.45) is 6.53. The van der Waals surface area contributed by atoms with Crippen LogP contribution in [0.3, 0.4) is 0 Å². The number of hydrogen-bond donors (Lipinski definition) is 1. The Morgan fingerprint density at radius 3 is 2.75 bits per heavy atom. The minimum Gasteiger partial charge on any atom is -0.354 e. The molecule has 0 aromatic rings. The van der Waals surface area contributed by atoms with Gasteiger partial charge in [-0.25, -0.2) is 4.99 Å². The number of rotatable bonds is 1. The summed E-state index contributed by atoms with van der Waals surface area (Å²) in [6.45, 7) is 4.38. The number of allylic oxidation sites excluding steroid dienone is 1. The fourth-order valence-corrected chi connectivity index (χ4v) is 1.60. The van der Waals surface area contributed by atoms with Gasteiger partial charge in [0.1, 0.15) is 5.82 Å². The Morgan fingerprint density at radius 2 is 2.08 bits per heavy atom. The van der Waals surface area contributed by atoms with Crippen molar-refractivity contribution >= 4 is 6.21 Å². The number of nitrogens with one attached hydrogen (secondary N) is 1. The van der Waals surface area contributed by atoms with E-state index in [1.54, 1.807) is 0 Å². The van der Waals surface area contributed by atoms with E-state index < -0.39 is 0 Å². The molecule has 0 saturated carbocycles. The van der Waals surface area contributed by atoms with E-state index in [-0.39, 0.29) is 0 Å². The second-order valence-electron chi connectivity index (χ2n) is 3.19. The van der Waals surface area contributed by atoms with Crippen molar-refractivity contribution in [2.24, 2.45) is 4.99 Å². The first-order valence-electron chi connectivity index (χ1n) is 4.65. The zero-order chi connectivity index (χ0) is 8.23. The topological polar surface area (TPSA) is 27.6 Å². The highest BCUT2D eigenvalue weighted by molar-refractivity contribution is 5.60.